The van der Waals surface area contributed by atoms with Crippen molar-refractivity contribution in [3.05, 3.63) is 69.7 Å². The number of hydrogen-bond acceptors (Lipinski definition) is 2. The summed E-state index contributed by atoms with van der Waals surface area (Å²) < 4.78 is 1.12. The molecule has 0 saturated heterocycles. The summed E-state index contributed by atoms with van der Waals surface area (Å²) in [6.07, 6.45) is 0. The molecule has 2 aromatic carbocycles. The van der Waals surface area contributed by atoms with Crippen molar-refractivity contribution in [3.63, 3.8) is 0 Å². The van der Waals surface area contributed by atoms with Crippen LogP contribution in [0.4, 0.5) is 0 Å². The molecule has 0 fully saturated rings. The van der Waals surface area contributed by atoms with E-state index in [1.807, 2.05) is 36.4 Å². The van der Waals surface area contributed by atoms with Crippen molar-refractivity contribution >= 4 is 15.9 Å². The average Bonchev–Trinajstić information content (AvgIpc) is 2.47. The fourth-order valence-corrected chi connectivity index (χ4v) is 2.86. The van der Waals surface area contributed by atoms with E-state index in [9.17, 15) is 0 Å². The minimum absolute atomic E-state index is 0.227. The van der Waals surface area contributed by atoms with Crippen molar-refractivity contribution in [2.24, 2.45) is 0 Å². The van der Waals surface area contributed by atoms with Crippen molar-refractivity contribution in [1.29, 1.82) is 5.26 Å². The van der Waals surface area contributed by atoms with Gasteiger partial charge in [0.05, 0.1) is 11.6 Å². The lowest BCUT2D eigenvalue weighted by Gasteiger charge is -2.21. The quantitative estimate of drug-likeness (QED) is 0.880. The number of benzene rings is 2. The van der Waals surface area contributed by atoms with Gasteiger partial charge in [0, 0.05) is 16.6 Å². The highest BCUT2D eigenvalue weighted by molar-refractivity contribution is 9.10. The largest absolute Gasteiger partial charge is 0.304 e. The van der Waals surface area contributed by atoms with Gasteiger partial charge in [-0.15, -0.1) is 0 Å². The van der Waals surface area contributed by atoms with Crippen molar-refractivity contribution in [2.75, 3.05) is 0 Å². The summed E-state index contributed by atoms with van der Waals surface area (Å²) in [6, 6.07) is 18.6. The number of rotatable bonds is 4. The molecule has 0 heterocycles. The van der Waals surface area contributed by atoms with E-state index in [1.165, 1.54) is 11.1 Å². The van der Waals surface area contributed by atoms with E-state index in [4.69, 9.17) is 5.26 Å². The molecule has 3 heteroatoms. The Hall–Kier alpha value is -1.63. The van der Waals surface area contributed by atoms with E-state index in [0.717, 1.165) is 4.47 Å². The molecule has 2 nitrogen and oxygen atoms in total. The van der Waals surface area contributed by atoms with E-state index in [2.05, 4.69) is 53.3 Å². The van der Waals surface area contributed by atoms with Gasteiger partial charge in [-0.3, -0.25) is 0 Å². The molecule has 20 heavy (non-hydrogen) atoms. The molecule has 0 spiro atoms. The molecule has 0 radical (unpaired) electrons. The lowest BCUT2D eigenvalue weighted by Crippen LogP contribution is -2.22. The summed E-state index contributed by atoms with van der Waals surface area (Å²) >= 11 is 3.59. The second-order valence-electron chi connectivity index (χ2n) is 4.87. The molecular weight excluding hydrogens is 312 g/mol. The van der Waals surface area contributed by atoms with E-state index < -0.39 is 0 Å². The predicted octanol–water partition coefficient (Wildman–Crippen LogP) is 4.73. The molecule has 0 amide bonds. The Morgan fingerprint density at radius 3 is 2.25 bits per heavy atom. The molecule has 102 valence electrons. The maximum atomic E-state index is 8.82. The molecule has 2 rings (SSSR count). The summed E-state index contributed by atoms with van der Waals surface area (Å²) in [5.74, 6) is 0. The summed E-state index contributed by atoms with van der Waals surface area (Å²) in [4.78, 5) is 0. The minimum atomic E-state index is 0.227. The van der Waals surface area contributed by atoms with Gasteiger partial charge in [-0.25, -0.2) is 0 Å². The summed E-state index contributed by atoms with van der Waals surface area (Å²) in [7, 11) is 0. The van der Waals surface area contributed by atoms with E-state index in [0.29, 0.717) is 5.56 Å². The monoisotopic (exact) mass is 328 g/mol. The van der Waals surface area contributed by atoms with Crippen LogP contribution in [0.15, 0.2) is 53.0 Å². The molecule has 0 aromatic heterocycles. The van der Waals surface area contributed by atoms with Crippen molar-refractivity contribution in [2.45, 2.75) is 25.9 Å². The Labute approximate surface area is 128 Å². The molecule has 0 saturated carbocycles. The summed E-state index contributed by atoms with van der Waals surface area (Å²) in [5.41, 5.74) is 3.12. The standard InChI is InChI=1S/C17H17BrN2/c1-12(15-9-7-14(11-19)8-10-15)20-13(2)16-5-3-4-6-17(16)18/h3-10,12-13,20H,1-2H3/t12?,13-/m1/s1. The summed E-state index contributed by atoms with van der Waals surface area (Å²) in [6.45, 7) is 4.29. The predicted molar refractivity (Wildman–Crippen MR) is 85.3 cm³/mol. The third-order valence-corrected chi connectivity index (χ3v) is 4.13. The Kier molecular flexibility index (Phi) is 4.94. The maximum absolute atomic E-state index is 8.82. The first-order valence-corrected chi connectivity index (χ1v) is 7.41. The fraction of sp³-hybridized carbons (Fsp3) is 0.235. The molecule has 1 unspecified atom stereocenters. The van der Waals surface area contributed by atoms with Gasteiger partial charge in [0.15, 0.2) is 0 Å². The number of hydrogen-bond donors (Lipinski definition) is 1. The second kappa shape index (κ2) is 6.69. The van der Waals surface area contributed by atoms with Crippen LogP contribution < -0.4 is 5.32 Å². The van der Waals surface area contributed by atoms with Crippen LogP contribution in [0, 0.1) is 11.3 Å². The van der Waals surface area contributed by atoms with E-state index in [-0.39, 0.29) is 12.1 Å². The fourth-order valence-electron chi connectivity index (χ4n) is 2.23. The van der Waals surface area contributed by atoms with Crippen molar-refractivity contribution in [1.82, 2.24) is 5.32 Å². The van der Waals surface area contributed by atoms with Gasteiger partial charge >= 0.3 is 0 Å². The van der Waals surface area contributed by atoms with Gasteiger partial charge in [-0.1, -0.05) is 46.3 Å². The molecule has 1 N–H and O–H groups in total. The van der Waals surface area contributed by atoms with Gasteiger partial charge in [0.1, 0.15) is 0 Å². The average molecular weight is 329 g/mol. The lowest BCUT2D eigenvalue weighted by molar-refractivity contribution is 0.493. The third-order valence-electron chi connectivity index (χ3n) is 3.41. The van der Waals surface area contributed by atoms with Gasteiger partial charge in [0.25, 0.3) is 0 Å². The van der Waals surface area contributed by atoms with Crippen LogP contribution in [-0.4, -0.2) is 0 Å². The first-order valence-electron chi connectivity index (χ1n) is 6.62. The Morgan fingerprint density at radius 1 is 1.00 bits per heavy atom. The van der Waals surface area contributed by atoms with Crippen LogP contribution in [0.1, 0.15) is 42.6 Å². The normalized spacial score (nSPS) is 13.5. The highest BCUT2D eigenvalue weighted by Crippen LogP contribution is 2.25. The second-order valence-corrected chi connectivity index (χ2v) is 5.72. The Balaban J connectivity index is 2.09. The number of nitrogens with zero attached hydrogens (tertiary/aromatic N) is 1. The van der Waals surface area contributed by atoms with E-state index >= 15 is 0 Å². The van der Waals surface area contributed by atoms with Crippen LogP contribution in [0.3, 0.4) is 0 Å². The Morgan fingerprint density at radius 2 is 1.65 bits per heavy atom. The SMILES string of the molecule is CC(N[C@H](C)c1ccccc1Br)c1ccc(C#N)cc1. The van der Waals surface area contributed by atoms with Gasteiger partial charge < -0.3 is 5.32 Å². The van der Waals surface area contributed by atoms with Crippen LogP contribution in [0.2, 0.25) is 0 Å². The first kappa shape index (κ1) is 14.8. The zero-order valence-electron chi connectivity index (χ0n) is 11.6. The molecule has 0 bridgehead atoms. The molecule has 2 atom stereocenters. The van der Waals surface area contributed by atoms with Gasteiger partial charge in [-0.05, 0) is 43.2 Å². The summed E-state index contributed by atoms with van der Waals surface area (Å²) in [5, 5.41) is 12.4. The molecule has 0 aliphatic carbocycles. The molecule has 2 aromatic rings. The van der Waals surface area contributed by atoms with Gasteiger partial charge in [-0.2, -0.15) is 5.26 Å². The highest BCUT2D eigenvalue weighted by atomic mass is 79.9. The van der Waals surface area contributed by atoms with Gasteiger partial charge in [0.2, 0.25) is 0 Å². The topological polar surface area (TPSA) is 35.8 Å². The van der Waals surface area contributed by atoms with Crippen molar-refractivity contribution < 1.29 is 0 Å². The number of halogens is 1. The lowest BCUT2D eigenvalue weighted by atomic mass is 10.0. The van der Waals surface area contributed by atoms with Crippen LogP contribution in [0.5, 0.6) is 0 Å². The zero-order chi connectivity index (χ0) is 14.5. The highest BCUT2D eigenvalue weighted by Gasteiger charge is 2.13. The number of nitriles is 1. The first-order chi connectivity index (χ1) is 9.61. The maximum Gasteiger partial charge on any atom is 0.0991 e. The molecule has 0 aliphatic rings. The van der Waals surface area contributed by atoms with E-state index in [1.54, 1.807) is 0 Å². The van der Waals surface area contributed by atoms with Crippen LogP contribution >= 0.6 is 15.9 Å². The number of nitrogens with one attached hydrogen (secondary N) is 1. The van der Waals surface area contributed by atoms with Crippen LogP contribution in [-0.2, 0) is 0 Å². The minimum Gasteiger partial charge on any atom is -0.304 e. The third kappa shape index (κ3) is 3.47. The molecule has 0 aliphatic heterocycles. The molecular formula is C17H17BrN2. The van der Waals surface area contributed by atoms with Crippen molar-refractivity contribution in [3.8, 4) is 6.07 Å². The smallest absolute Gasteiger partial charge is 0.0991 e. The zero-order valence-corrected chi connectivity index (χ0v) is 13.2. The Bertz CT molecular complexity index is 614. The van der Waals surface area contributed by atoms with Crippen LogP contribution in [0.25, 0.3) is 0 Å².